The minimum atomic E-state index is -3.04. The SMILES string of the molecule is CCCNc1cnc(C(=O)N2CCS(=O)(=O)CC2C)cn1. The average molecular weight is 312 g/mol. The molecule has 1 N–H and O–H groups in total. The molecule has 1 atom stereocenters. The lowest BCUT2D eigenvalue weighted by atomic mass is 10.2. The summed E-state index contributed by atoms with van der Waals surface area (Å²) in [6.45, 7) is 4.78. The maximum Gasteiger partial charge on any atom is 0.274 e. The van der Waals surface area contributed by atoms with Crippen LogP contribution < -0.4 is 5.32 Å². The Hall–Kier alpha value is -1.70. The van der Waals surface area contributed by atoms with Crippen molar-refractivity contribution in [3.05, 3.63) is 18.1 Å². The first-order valence-electron chi connectivity index (χ1n) is 7.00. The van der Waals surface area contributed by atoms with E-state index in [1.54, 1.807) is 11.8 Å². The number of nitrogens with zero attached hydrogens (tertiary/aromatic N) is 3. The van der Waals surface area contributed by atoms with Crippen molar-refractivity contribution in [3.63, 3.8) is 0 Å². The Labute approximate surface area is 124 Å². The quantitative estimate of drug-likeness (QED) is 0.873. The zero-order valence-corrected chi connectivity index (χ0v) is 13.1. The molecular weight excluding hydrogens is 292 g/mol. The lowest BCUT2D eigenvalue weighted by Gasteiger charge is -2.32. The maximum atomic E-state index is 12.4. The first-order chi connectivity index (χ1) is 9.93. The van der Waals surface area contributed by atoms with Crippen molar-refractivity contribution in [2.24, 2.45) is 0 Å². The molecule has 1 fully saturated rings. The molecule has 1 aromatic heterocycles. The molecule has 21 heavy (non-hydrogen) atoms. The summed E-state index contributed by atoms with van der Waals surface area (Å²) < 4.78 is 23.1. The topological polar surface area (TPSA) is 92.3 Å². The van der Waals surface area contributed by atoms with Crippen molar-refractivity contribution in [2.45, 2.75) is 26.3 Å². The lowest BCUT2D eigenvalue weighted by molar-refractivity contribution is 0.0706. The van der Waals surface area contributed by atoms with Gasteiger partial charge in [0.1, 0.15) is 11.5 Å². The Bertz CT molecular complexity index is 600. The lowest BCUT2D eigenvalue weighted by Crippen LogP contribution is -2.49. The molecule has 1 aliphatic rings. The second-order valence-electron chi connectivity index (χ2n) is 5.18. The third-order valence-electron chi connectivity index (χ3n) is 3.36. The van der Waals surface area contributed by atoms with Crippen LogP contribution in [0.4, 0.5) is 5.82 Å². The highest BCUT2D eigenvalue weighted by Crippen LogP contribution is 2.14. The van der Waals surface area contributed by atoms with E-state index in [9.17, 15) is 13.2 Å². The summed E-state index contributed by atoms with van der Waals surface area (Å²) in [5, 5.41) is 3.08. The van der Waals surface area contributed by atoms with Crippen LogP contribution in [0.3, 0.4) is 0 Å². The fraction of sp³-hybridized carbons (Fsp3) is 0.615. The summed E-state index contributed by atoms with van der Waals surface area (Å²) in [7, 11) is -3.04. The number of sulfone groups is 1. The molecule has 0 aromatic carbocycles. The van der Waals surface area contributed by atoms with Gasteiger partial charge in [-0.15, -0.1) is 0 Å². The first-order valence-corrected chi connectivity index (χ1v) is 8.82. The molecular formula is C13H20N4O3S. The van der Waals surface area contributed by atoms with Gasteiger partial charge in [-0.25, -0.2) is 18.4 Å². The van der Waals surface area contributed by atoms with Gasteiger partial charge in [-0.2, -0.15) is 0 Å². The van der Waals surface area contributed by atoms with Crippen molar-refractivity contribution in [2.75, 3.05) is 29.9 Å². The van der Waals surface area contributed by atoms with Gasteiger partial charge in [-0.1, -0.05) is 6.92 Å². The van der Waals surface area contributed by atoms with Gasteiger partial charge >= 0.3 is 0 Å². The molecule has 2 heterocycles. The molecule has 1 saturated heterocycles. The van der Waals surface area contributed by atoms with Crippen LogP contribution in [0.2, 0.25) is 0 Å². The monoisotopic (exact) mass is 312 g/mol. The third-order valence-corrected chi connectivity index (χ3v) is 5.15. The molecule has 1 aliphatic heterocycles. The summed E-state index contributed by atoms with van der Waals surface area (Å²) >= 11 is 0. The summed E-state index contributed by atoms with van der Waals surface area (Å²) in [5.41, 5.74) is 0.239. The average Bonchev–Trinajstić information content (AvgIpc) is 2.44. The standard InChI is InChI=1S/C13H20N4O3S/c1-3-4-14-12-8-15-11(7-16-12)13(18)17-5-6-21(19,20)9-10(17)2/h7-8,10H,3-6,9H2,1-2H3,(H,14,16). The zero-order valence-electron chi connectivity index (χ0n) is 12.2. The normalized spacial score (nSPS) is 21.0. The van der Waals surface area contributed by atoms with Gasteiger partial charge in [-0.3, -0.25) is 4.79 Å². The number of nitrogens with one attached hydrogen (secondary N) is 1. The number of carbonyl (C=O) groups is 1. The van der Waals surface area contributed by atoms with E-state index in [0.717, 1.165) is 13.0 Å². The maximum absolute atomic E-state index is 12.4. The van der Waals surface area contributed by atoms with E-state index in [1.165, 1.54) is 12.4 Å². The number of amides is 1. The van der Waals surface area contributed by atoms with E-state index < -0.39 is 9.84 Å². The highest BCUT2D eigenvalue weighted by molar-refractivity contribution is 7.91. The summed E-state index contributed by atoms with van der Waals surface area (Å²) in [6.07, 6.45) is 3.92. The van der Waals surface area contributed by atoms with Gasteiger partial charge < -0.3 is 10.2 Å². The molecule has 0 bridgehead atoms. The van der Waals surface area contributed by atoms with Gasteiger partial charge in [0.25, 0.3) is 5.91 Å². The van der Waals surface area contributed by atoms with E-state index in [0.29, 0.717) is 5.82 Å². The number of carbonyl (C=O) groups excluding carboxylic acids is 1. The van der Waals surface area contributed by atoms with Crippen molar-refractivity contribution in [1.29, 1.82) is 0 Å². The summed E-state index contributed by atoms with van der Waals surface area (Å²) in [4.78, 5) is 22.2. The molecule has 7 nitrogen and oxygen atoms in total. The zero-order chi connectivity index (χ0) is 15.5. The number of hydrogen-bond acceptors (Lipinski definition) is 6. The van der Waals surface area contributed by atoms with E-state index in [1.807, 2.05) is 6.92 Å². The van der Waals surface area contributed by atoms with Crippen molar-refractivity contribution in [3.8, 4) is 0 Å². The largest absolute Gasteiger partial charge is 0.369 e. The molecule has 2 rings (SSSR count). The first kappa shape index (κ1) is 15.7. The summed E-state index contributed by atoms with van der Waals surface area (Å²) in [5.74, 6) is 0.365. The molecule has 0 aliphatic carbocycles. The fourth-order valence-corrected chi connectivity index (χ4v) is 3.79. The van der Waals surface area contributed by atoms with Crippen molar-refractivity contribution >= 4 is 21.6 Å². The Morgan fingerprint density at radius 2 is 2.19 bits per heavy atom. The molecule has 8 heteroatoms. The van der Waals surface area contributed by atoms with E-state index in [-0.39, 0.29) is 35.7 Å². The van der Waals surface area contributed by atoms with E-state index in [4.69, 9.17) is 0 Å². The highest BCUT2D eigenvalue weighted by atomic mass is 32.2. The molecule has 116 valence electrons. The Morgan fingerprint density at radius 3 is 2.76 bits per heavy atom. The number of rotatable bonds is 4. The van der Waals surface area contributed by atoms with Crippen LogP contribution in [0, 0.1) is 0 Å². The Balaban J connectivity index is 2.06. The predicted octanol–water partition coefficient (Wildman–Crippen LogP) is 0.558. The van der Waals surface area contributed by atoms with Gasteiger partial charge in [0.05, 0.1) is 23.9 Å². The molecule has 1 unspecified atom stereocenters. The molecule has 1 amide bonds. The second kappa shape index (κ2) is 6.38. The van der Waals surface area contributed by atoms with Crippen molar-refractivity contribution < 1.29 is 13.2 Å². The van der Waals surface area contributed by atoms with Gasteiger partial charge in [0.15, 0.2) is 9.84 Å². The second-order valence-corrected chi connectivity index (χ2v) is 7.40. The van der Waals surface area contributed by atoms with Crippen LogP contribution in [0.25, 0.3) is 0 Å². The predicted molar refractivity (Wildman–Crippen MR) is 80.0 cm³/mol. The van der Waals surface area contributed by atoms with Gasteiger partial charge in [-0.05, 0) is 13.3 Å². The van der Waals surface area contributed by atoms with Crippen LogP contribution in [0.15, 0.2) is 12.4 Å². The molecule has 0 saturated carbocycles. The van der Waals surface area contributed by atoms with Crippen LogP contribution in [0.1, 0.15) is 30.8 Å². The fourth-order valence-electron chi connectivity index (χ4n) is 2.23. The van der Waals surface area contributed by atoms with Crippen LogP contribution in [-0.2, 0) is 9.84 Å². The summed E-state index contributed by atoms with van der Waals surface area (Å²) in [6, 6.07) is -0.337. The van der Waals surface area contributed by atoms with Gasteiger partial charge in [0.2, 0.25) is 0 Å². The number of hydrogen-bond donors (Lipinski definition) is 1. The molecule has 0 spiro atoms. The Morgan fingerprint density at radius 1 is 1.43 bits per heavy atom. The smallest absolute Gasteiger partial charge is 0.274 e. The van der Waals surface area contributed by atoms with E-state index >= 15 is 0 Å². The number of anilines is 1. The highest BCUT2D eigenvalue weighted by Gasteiger charge is 2.32. The number of aromatic nitrogens is 2. The minimum Gasteiger partial charge on any atom is -0.369 e. The minimum absolute atomic E-state index is 0.00229. The molecule has 1 aromatic rings. The van der Waals surface area contributed by atoms with Crippen LogP contribution in [0.5, 0.6) is 0 Å². The van der Waals surface area contributed by atoms with Gasteiger partial charge in [0, 0.05) is 19.1 Å². The van der Waals surface area contributed by atoms with Crippen molar-refractivity contribution in [1.82, 2.24) is 14.9 Å². The Kier molecular flexibility index (Phi) is 4.76. The molecule has 0 radical (unpaired) electrons. The third kappa shape index (κ3) is 3.90. The van der Waals surface area contributed by atoms with E-state index in [2.05, 4.69) is 15.3 Å². The van der Waals surface area contributed by atoms with Crippen LogP contribution >= 0.6 is 0 Å². The van der Waals surface area contributed by atoms with Crippen LogP contribution in [-0.4, -0.2) is 59.8 Å².